The molecular weight excluding hydrogens is 360 g/mol. The van der Waals surface area contributed by atoms with Crippen LogP contribution in [0.4, 0.5) is 0 Å². The van der Waals surface area contributed by atoms with E-state index in [2.05, 4.69) is 12.6 Å². The van der Waals surface area contributed by atoms with Gasteiger partial charge in [0.05, 0.1) is 5.56 Å². The summed E-state index contributed by atoms with van der Waals surface area (Å²) in [7, 11) is 0. The number of ether oxygens (including phenoxy) is 1. The summed E-state index contributed by atoms with van der Waals surface area (Å²) in [6, 6.07) is 13.1. The molecule has 6 heteroatoms. The van der Waals surface area contributed by atoms with Crippen LogP contribution in [0.15, 0.2) is 47.4 Å². The molecule has 0 radical (unpaired) electrons. The Labute approximate surface area is 165 Å². The van der Waals surface area contributed by atoms with Gasteiger partial charge in [0.1, 0.15) is 5.75 Å². The van der Waals surface area contributed by atoms with Crippen LogP contribution in [0.2, 0.25) is 0 Å². The average molecular weight is 385 g/mol. The number of rotatable bonds is 4. The summed E-state index contributed by atoms with van der Waals surface area (Å²) < 4.78 is 5.63. The molecule has 3 rings (SSSR count). The van der Waals surface area contributed by atoms with Crippen LogP contribution in [0.1, 0.15) is 21.5 Å². The van der Waals surface area contributed by atoms with Crippen LogP contribution in [0, 0.1) is 13.8 Å². The summed E-state index contributed by atoms with van der Waals surface area (Å²) in [5.74, 6) is 0.597. The van der Waals surface area contributed by atoms with E-state index in [1.165, 1.54) is 5.56 Å². The number of thiol groups is 1. The molecule has 0 saturated carbocycles. The fourth-order valence-electron chi connectivity index (χ4n) is 3.02. The van der Waals surface area contributed by atoms with Gasteiger partial charge >= 0.3 is 0 Å². The molecule has 0 aliphatic carbocycles. The van der Waals surface area contributed by atoms with Crippen LogP contribution in [-0.2, 0) is 4.79 Å². The third kappa shape index (κ3) is 4.63. The van der Waals surface area contributed by atoms with Gasteiger partial charge < -0.3 is 14.5 Å². The van der Waals surface area contributed by atoms with E-state index in [9.17, 15) is 9.59 Å². The van der Waals surface area contributed by atoms with E-state index < -0.39 is 0 Å². The molecule has 0 N–H and O–H groups in total. The highest BCUT2D eigenvalue weighted by molar-refractivity contribution is 7.80. The molecule has 1 aliphatic rings. The van der Waals surface area contributed by atoms with E-state index in [4.69, 9.17) is 4.74 Å². The monoisotopic (exact) mass is 384 g/mol. The van der Waals surface area contributed by atoms with E-state index >= 15 is 0 Å². The lowest BCUT2D eigenvalue weighted by atomic mass is 10.1. The Kier molecular flexibility index (Phi) is 6.06. The first-order valence-electron chi connectivity index (χ1n) is 9.01. The van der Waals surface area contributed by atoms with Gasteiger partial charge in [0.2, 0.25) is 0 Å². The second-order valence-corrected chi connectivity index (χ2v) is 7.21. The highest BCUT2D eigenvalue weighted by Crippen LogP contribution is 2.18. The summed E-state index contributed by atoms with van der Waals surface area (Å²) in [6.07, 6.45) is 0. The number of benzene rings is 2. The van der Waals surface area contributed by atoms with Gasteiger partial charge in [-0.2, -0.15) is 0 Å². The van der Waals surface area contributed by atoms with Crippen molar-refractivity contribution >= 4 is 24.4 Å². The Balaban J connectivity index is 1.51. The maximum Gasteiger partial charge on any atom is 0.260 e. The first kappa shape index (κ1) is 19.3. The van der Waals surface area contributed by atoms with Gasteiger partial charge in [-0.05, 0) is 49.2 Å². The zero-order chi connectivity index (χ0) is 19.4. The van der Waals surface area contributed by atoms with Gasteiger partial charge in [-0.1, -0.05) is 18.2 Å². The summed E-state index contributed by atoms with van der Waals surface area (Å²) in [6.45, 7) is 6.11. The Morgan fingerprint density at radius 2 is 1.63 bits per heavy atom. The van der Waals surface area contributed by atoms with Crippen LogP contribution in [0.25, 0.3) is 0 Å². The highest BCUT2D eigenvalue weighted by Gasteiger charge is 2.25. The summed E-state index contributed by atoms with van der Waals surface area (Å²) in [4.78, 5) is 29.2. The van der Waals surface area contributed by atoms with Gasteiger partial charge in [0, 0.05) is 31.1 Å². The number of nitrogens with zero attached hydrogens (tertiary/aromatic N) is 2. The van der Waals surface area contributed by atoms with Crippen molar-refractivity contribution in [3.05, 3.63) is 59.2 Å². The van der Waals surface area contributed by atoms with Crippen molar-refractivity contribution in [1.82, 2.24) is 9.80 Å². The first-order valence-corrected chi connectivity index (χ1v) is 9.45. The quantitative estimate of drug-likeness (QED) is 0.825. The Morgan fingerprint density at radius 3 is 2.30 bits per heavy atom. The third-order valence-electron chi connectivity index (χ3n) is 4.89. The lowest BCUT2D eigenvalue weighted by Crippen LogP contribution is -2.51. The third-order valence-corrected chi connectivity index (χ3v) is 5.28. The molecule has 0 aromatic heterocycles. The number of carbonyl (C=O) groups excluding carboxylic acids is 2. The summed E-state index contributed by atoms with van der Waals surface area (Å²) in [5, 5.41) is 0. The van der Waals surface area contributed by atoms with Crippen molar-refractivity contribution < 1.29 is 14.3 Å². The summed E-state index contributed by atoms with van der Waals surface area (Å²) in [5.41, 5.74) is 2.92. The molecule has 5 nitrogen and oxygen atoms in total. The van der Waals surface area contributed by atoms with Gasteiger partial charge in [-0.15, -0.1) is 12.6 Å². The molecule has 2 aromatic rings. The van der Waals surface area contributed by atoms with Crippen LogP contribution >= 0.6 is 12.6 Å². The number of hydrogen-bond donors (Lipinski definition) is 1. The minimum atomic E-state index is -0.0603. The minimum Gasteiger partial charge on any atom is -0.484 e. The standard InChI is InChI=1S/C21H24N2O3S/c1-15-7-8-17(13-16(15)2)26-14-20(24)22-9-11-23(12-10-22)21(25)18-5-3-4-6-19(18)27/h3-8,13,27H,9-12,14H2,1-2H3. The molecule has 0 bridgehead atoms. The van der Waals surface area contributed by atoms with Crippen molar-refractivity contribution in [2.75, 3.05) is 32.8 Å². The first-order chi connectivity index (χ1) is 13.0. The fourth-order valence-corrected chi connectivity index (χ4v) is 3.28. The number of carbonyl (C=O) groups is 2. The van der Waals surface area contributed by atoms with Gasteiger partial charge in [0.15, 0.2) is 6.61 Å². The van der Waals surface area contributed by atoms with Crippen molar-refractivity contribution in [3.8, 4) is 5.75 Å². The molecule has 2 aromatic carbocycles. The normalized spacial score (nSPS) is 14.2. The molecule has 0 unspecified atom stereocenters. The SMILES string of the molecule is Cc1ccc(OCC(=O)N2CCN(C(=O)c3ccccc3S)CC2)cc1C. The number of amides is 2. The van der Waals surface area contributed by atoms with Crippen LogP contribution < -0.4 is 4.74 Å². The van der Waals surface area contributed by atoms with Crippen molar-refractivity contribution in [1.29, 1.82) is 0 Å². The van der Waals surface area contributed by atoms with Crippen molar-refractivity contribution in [2.45, 2.75) is 18.7 Å². The topological polar surface area (TPSA) is 49.9 Å². The van der Waals surface area contributed by atoms with E-state index in [-0.39, 0.29) is 18.4 Å². The number of aryl methyl sites for hydroxylation is 2. The molecular formula is C21H24N2O3S. The predicted molar refractivity (Wildman–Crippen MR) is 108 cm³/mol. The second kappa shape index (κ2) is 8.48. The van der Waals surface area contributed by atoms with Crippen LogP contribution in [0.3, 0.4) is 0 Å². The molecule has 1 saturated heterocycles. The smallest absolute Gasteiger partial charge is 0.260 e. The van der Waals surface area contributed by atoms with E-state index in [1.54, 1.807) is 21.9 Å². The van der Waals surface area contributed by atoms with Gasteiger partial charge in [-0.3, -0.25) is 9.59 Å². The molecule has 27 heavy (non-hydrogen) atoms. The molecule has 1 aliphatic heterocycles. The van der Waals surface area contributed by atoms with Crippen LogP contribution in [0.5, 0.6) is 5.75 Å². The average Bonchev–Trinajstić information content (AvgIpc) is 2.68. The van der Waals surface area contributed by atoms with Gasteiger partial charge in [-0.25, -0.2) is 0 Å². The zero-order valence-electron chi connectivity index (χ0n) is 15.6. The van der Waals surface area contributed by atoms with Crippen molar-refractivity contribution in [2.24, 2.45) is 0 Å². The Bertz CT molecular complexity index is 845. The second-order valence-electron chi connectivity index (χ2n) is 6.72. The van der Waals surface area contributed by atoms with Gasteiger partial charge in [0.25, 0.3) is 11.8 Å². The maximum atomic E-state index is 12.6. The molecule has 2 amide bonds. The zero-order valence-corrected chi connectivity index (χ0v) is 16.5. The molecule has 142 valence electrons. The Morgan fingerprint density at radius 1 is 0.963 bits per heavy atom. The molecule has 1 fully saturated rings. The van der Waals surface area contributed by atoms with E-state index in [1.807, 2.05) is 44.2 Å². The summed E-state index contributed by atoms with van der Waals surface area (Å²) >= 11 is 4.35. The largest absolute Gasteiger partial charge is 0.484 e. The lowest BCUT2D eigenvalue weighted by molar-refractivity contribution is -0.134. The number of hydrogen-bond acceptors (Lipinski definition) is 4. The van der Waals surface area contributed by atoms with E-state index in [0.717, 1.165) is 5.56 Å². The molecule has 1 heterocycles. The molecule has 0 atom stereocenters. The lowest BCUT2D eigenvalue weighted by Gasteiger charge is -2.35. The van der Waals surface area contributed by atoms with Crippen LogP contribution in [-0.4, -0.2) is 54.4 Å². The number of piperazine rings is 1. The van der Waals surface area contributed by atoms with Crippen molar-refractivity contribution in [3.63, 3.8) is 0 Å². The highest BCUT2D eigenvalue weighted by atomic mass is 32.1. The van der Waals surface area contributed by atoms with E-state index in [0.29, 0.717) is 42.4 Å². The maximum absolute atomic E-state index is 12.6. The molecule has 0 spiro atoms. The predicted octanol–water partition coefficient (Wildman–Crippen LogP) is 2.96. The minimum absolute atomic E-state index is 0.00984. The Hall–Kier alpha value is -2.47. The fraction of sp³-hybridized carbons (Fsp3) is 0.333.